The Morgan fingerprint density at radius 1 is 1.07 bits per heavy atom. The number of carbonyl (C=O) groups excluding carboxylic acids is 3. The highest BCUT2D eigenvalue weighted by Gasteiger charge is 2.27. The molecule has 2 aromatic carbocycles. The second kappa shape index (κ2) is 13.2. The maximum absolute atomic E-state index is 13.6. The van der Waals surface area contributed by atoms with Gasteiger partial charge in [0.2, 0.25) is 22.5 Å². The third-order valence-corrected chi connectivity index (χ3v) is 8.32. The molecule has 0 aliphatic carbocycles. The Kier molecular flexibility index (Phi) is 9.16. The first-order valence-electron chi connectivity index (χ1n) is 13.8. The summed E-state index contributed by atoms with van der Waals surface area (Å²) in [6.45, 7) is 3.50. The van der Waals surface area contributed by atoms with Crippen molar-refractivity contribution in [3.63, 3.8) is 0 Å². The van der Waals surface area contributed by atoms with E-state index in [4.69, 9.17) is 4.74 Å². The van der Waals surface area contributed by atoms with Crippen LogP contribution in [0.2, 0.25) is 0 Å². The molecular formula is C31H31FN4O5S. The number of nitrogens with zero attached hydrogens (tertiary/aromatic N) is 4. The Balaban J connectivity index is 1.45. The van der Waals surface area contributed by atoms with E-state index in [0.29, 0.717) is 30.9 Å². The predicted octanol–water partition coefficient (Wildman–Crippen LogP) is 4.16. The summed E-state index contributed by atoms with van der Waals surface area (Å²) in [5.41, 5.74) is 0.636. The summed E-state index contributed by atoms with van der Waals surface area (Å²) in [4.78, 5) is 58.5. The molecule has 42 heavy (non-hydrogen) atoms. The lowest BCUT2D eigenvalue weighted by atomic mass is 9.99. The van der Waals surface area contributed by atoms with Crippen LogP contribution in [-0.2, 0) is 29.2 Å². The summed E-state index contributed by atoms with van der Waals surface area (Å²) in [7, 11) is 0. The molecule has 0 N–H and O–H groups in total. The van der Waals surface area contributed by atoms with Crippen molar-refractivity contribution in [2.45, 2.75) is 44.6 Å². The minimum Gasteiger partial charge on any atom is -0.481 e. The standard InChI is InChI=1S/C31H31FN4O5S/c1-21-11-13-34(14-12-21)26(38)18-35-15-16-36-29(39)28(41-20-23-5-3-2-4-6-23)27(33-31(35)36)30(40)42-25(19-37)17-22-7-9-24(32)10-8-22/h2-10,15-16,19,21,25H,11-14,17-18,20H2,1H3. The summed E-state index contributed by atoms with van der Waals surface area (Å²) in [5, 5.41) is -1.43. The second-order valence-corrected chi connectivity index (χ2v) is 11.7. The first-order valence-corrected chi connectivity index (χ1v) is 14.7. The number of benzene rings is 2. The predicted molar refractivity (Wildman–Crippen MR) is 157 cm³/mol. The van der Waals surface area contributed by atoms with Gasteiger partial charge in [0.15, 0.2) is 5.69 Å². The summed E-state index contributed by atoms with van der Waals surface area (Å²) in [6, 6.07) is 14.8. The number of carbonyl (C=O) groups is 3. The molecule has 5 rings (SSSR count). The number of rotatable bonds is 10. The molecule has 1 aliphatic heterocycles. The van der Waals surface area contributed by atoms with Gasteiger partial charge in [-0.3, -0.25) is 14.4 Å². The van der Waals surface area contributed by atoms with Crippen molar-refractivity contribution in [1.82, 2.24) is 18.9 Å². The number of hydrogen-bond acceptors (Lipinski definition) is 7. The maximum atomic E-state index is 13.6. The summed E-state index contributed by atoms with van der Waals surface area (Å²) in [6.07, 6.45) is 5.77. The van der Waals surface area contributed by atoms with Crippen molar-refractivity contribution in [1.29, 1.82) is 0 Å². The number of fused-ring (bicyclic) bond motifs is 1. The van der Waals surface area contributed by atoms with Crippen LogP contribution in [0.5, 0.6) is 5.75 Å². The van der Waals surface area contributed by atoms with E-state index in [0.717, 1.165) is 30.2 Å². The van der Waals surface area contributed by atoms with Gasteiger partial charge in [0.05, 0.1) is 5.25 Å². The van der Waals surface area contributed by atoms with E-state index >= 15 is 0 Å². The van der Waals surface area contributed by atoms with Gasteiger partial charge in [0, 0.05) is 25.5 Å². The molecule has 0 radical (unpaired) electrons. The molecule has 3 heterocycles. The molecular weight excluding hydrogens is 559 g/mol. The first-order chi connectivity index (χ1) is 20.3. The number of piperidine rings is 1. The van der Waals surface area contributed by atoms with Crippen molar-refractivity contribution in [2.24, 2.45) is 5.92 Å². The fourth-order valence-electron chi connectivity index (χ4n) is 4.85. The van der Waals surface area contributed by atoms with E-state index in [1.807, 2.05) is 30.3 Å². The number of amides is 1. The van der Waals surface area contributed by atoms with Crippen molar-refractivity contribution >= 4 is 34.8 Å². The SMILES string of the molecule is CC1CCN(C(=O)Cn2ccn3c(=O)c(OCc4ccccc4)c(C(=O)SC(C=O)Cc4ccc(F)cc4)nc23)CC1. The molecule has 0 saturated carbocycles. The van der Waals surface area contributed by atoms with Crippen molar-refractivity contribution in [3.8, 4) is 5.75 Å². The van der Waals surface area contributed by atoms with E-state index in [1.165, 1.54) is 22.7 Å². The Morgan fingerprint density at radius 2 is 1.79 bits per heavy atom. The number of thioether (sulfide) groups is 1. The van der Waals surface area contributed by atoms with Gasteiger partial charge < -0.3 is 19.0 Å². The quantitative estimate of drug-likeness (QED) is 0.256. The highest BCUT2D eigenvalue weighted by molar-refractivity contribution is 8.15. The van der Waals surface area contributed by atoms with Gasteiger partial charge in [0.25, 0.3) is 0 Å². The Hall–Kier alpha value is -4.25. The van der Waals surface area contributed by atoms with Crippen LogP contribution in [0.4, 0.5) is 4.39 Å². The summed E-state index contributed by atoms with van der Waals surface area (Å²) >= 11 is 0.719. The van der Waals surface area contributed by atoms with Crippen LogP contribution in [-0.4, -0.2) is 54.5 Å². The van der Waals surface area contributed by atoms with Crippen LogP contribution in [0.3, 0.4) is 0 Å². The Labute approximate surface area is 246 Å². The number of halogens is 1. The van der Waals surface area contributed by atoms with E-state index in [9.17, 15) is 23.6 Å². The van der Waals surface area contributed by atoms with Gasteiger partial charge in [0.1, 0.15) is 25.3 Å². The fraction of sp³-hybridized carbons (Fsp3) is 0.323. The first kappa shape index (κ1) is 29.2. The van der Waals surface area contributed by atoms with Crippen LogP contribution >= 0.6 is 11.8 Å². The largest absolute Gasteiger partial charge is 0.481 e. The van der Waals surface area contributed by atoms with Gasteiger partial charge in [-0.15, -0.1) is 0 Å². The molecule has 4 aromatic rings. The molecule has 1 unspecified atom stereocenters. The van der Waals surface area contributed by atoms with Gasteiger partial charge >= 0.3 is 5.56 Å². The maximum Gasteiger partial charge on any atom is 0.302 e. The summed E-state index contributed by atoms with van der Waals surface area (Å²) in [5.74, 6) is -0.0495. The van der Waals surface area contributed by atoms with Crippen LogP contribution in [0.15, 0.2) is 71.8 Å². The average Bonchev–Trinajstić information content (AvgIpc) is 3.40. The zero-order chi connectivity index (χ0) is 29.6. The number of ether oxygens (including phenoxy) is 1. The molecule has 1 saturated heterocycles. The second-order valence-electron chi connectivity index (χ2n) is 10.4. The normalized spacial score (nSPS) is 14.6. The Morgan fingerprint density at radius 3 is 2.48 bits per heavy atom. The lowest BCUT2D eigenvalue weighted by Gasteiger charge is -2.30. The van der Waals surface area contributed by atoms with E-state index < -0.39 is 21.7 Å². The number of hydrogen-bond donors (Lipinski definition) is 0. The molecule has 1 amide bonds. The Bertz CT molecular complexity index is 1630. The zero-order valence-corrected chi connectivity index (χ0v) is 24.0. The number of aromatic nitrogens is 3. The highest BCUT2D eigenvalue weighted by atomic mass is 32.2. The van der Waals surface area contributed by atoms with E-state index in [-0.39, 0.29) is 42.7 Å². The third kappa shape index (κ3) is 6.79. The molecule has 1 aliphatic rings. The van der Waals surface area contributed by atoms with Crippen molar-refractivity contribution < 1.29 is 23.5 Å². The van der Waals surface area contributed by atoms with Crippen LogP contribution in [0.25, 0.3) is 5.78 Å². The third-order valence-electron chi connectivity index (χ3n) is 7.33. The monoisotopic (exact) mass is 590 g/mol. The lowest BCUT2D eigenvalue weighted by molar-refractivity contribution is -0.133. The molecule has 2 aromatic heterocycles. The smallest absolute Gasteiger partial charge is 0.302 e. The average molecular weight is 591 g/mol. The number of likely N-dealkylation sites (tertiary alicyclic amines) is 1. The van der Waals surface area contributed by atoms with Crippen LogP contribution in [0.1, 0.15) is 41.4 Å². The van der Waals surface area contributed by atoms with Gasteiger partial charge in [-0.1, -0.05) is 61.2 Å². The molecule has 0 bridgehead atoms. The van der Waals surface area contributed by atoms with Crippen molar-refractivity contribution in [2.75, 3.05) is 13.1 Å². The molecule has 218 valence electrons. The molecule has 0 spiro atoms. The molecule has 1 fully saturated rings. The minimum absolute atomic E-state index is 0.0219. The van der Waals surface area contributed by atoms with E-state index in [1.54, 1.807) is 27.8 Å². The number of aldehydes is 1. The highest BCUT2D eigenvalue weighted by Crippen LogP contribution is 2.25. The van der Waals surface area contributed by atoms with Gasteiger partial charge in [-0.25, -0.2) is 13.8 Å². The van der Waals surface area contributed by atoms with E-state index in [2.05, 4.69) is 11.9 Å². The van der Waals surface area contributed by atoms with Crippen molar-refractivity contribution in [3.05, 3.63) is 100.0 Å². The molecule has 9 nitrogen and oxygen atoms in total. The lowest BCUT2D eigenvalue weighted by Crippen LogP contribution is -2.39. The minimum atomic E-state index is -0.806. The van der Waals surface area contributed by atoms with Gasteiger partial charge in [-0.05, 0) is 48.4 Å². The fourth-order valence-corrected chi connectivity index (χ4v) is 5.70. The number of imidazole rings is 1. The van der Waals surface area contributed by atoms with Gasteiger partial charge in [-0.2, -0.15) is 0 Å². The van der Waals surface area contributed by atoms with Crippen LogP contribution in [0, 0.1) is 11.7 Å². The summed E-state index contributed by atoms with van der Waals surface area (Å²) < 4.78 is 22.0. The molecule has 1 atom stereocenters. The van der Waals surface area contributed by atoms with Crippen LogP contribution < -0.4 is 10.3 Å². The topological polar surface area (TPSA) is 103 Å². The zero-order valence-electron chi connectivity index (χ0n) is 23.1. The molecule has 11 heteroatoms.